The van der Waals surface area contributed by atoms with E-state index in [4.69, 9.17) is 24.2 Å². The van der Waals surface area contributed by atoms with Crippen molar-refractivity contribution in [2.75, 3.05) is 27.6 Å². The van der Waals surface area contributed by atoms with E-state index >= 15 is 0 Å². The van der Waals surface area contributed by atoms with E-state index in [1.807, 2.05) is 30.5 Å². The van der Waals surface area contributed by atoms with Gasteiger partial charge >= 0.3 is 0 Å². The van der Waals surface area contributed by atoms with E-state index in [0.29, 0.717) is 22.4 Å². The van der Waals surface area contributed by atoms with E-state index < -0.39 is 0 Å². The Balaban J connectivity index is 2.07. The molecule has 4 rings (SSSR count). The lowest BCUT2D eigenvalue weighted by molar-refractivity contribution is 0.324. The summed E-state index contributed by atoms with van der Waals surface area (Å²) in [5.41, 5.74) is 2.65. The zero-order valence-corrected chi connectivity index (χ0v) is 17.0. The van der Waals surface area contributed by atoms with Gasteiger partial charge in [0, 0.05) is 16.3 Å². The molecular formula is C22H20N2O3S. The third kappa shape index (κ3) is 2.99. The molecule has 0 spiro atoms. The van der Waals surface area contributed by atoms with E-state index in [1.54, 1.807) is 21.3 Å². The number of hydrogen-bond acceptors (Lipinski definition) is 6. The maximum absolute atomic E-state index is 5.53. The minimum atomic E-state index is 0.558. The Morgan fingerprint density at radius 2 is 1.50 bits per heavy atom. The average molecular weight is 392 g/mol. The molecule has 0 aliphatic carbocycles. The number of benzene rings is 3. The van der Waals surface area contributed by atoms with Crippen molar-refractivity contribution in [3.05, 3.63) is 48.5 Å². The van der Waals surface area contributed by atoms with Crippen molar-refractivity contribution in [2.24, 2.45) is 0 Å². The number of fused-ring (bicyclic) bond motifs is 3. The van der Waals surface area contributed by atoms with Crippen LogP contribution in [-0.4, -0.2) is 37.6 Å². The van der Waals surface area contributed by atoms with Gasteiger partial charge in [-0.25, -0.2) is 9.97 Å². The predicted octanol–water partition coefficient (Wildman–Crippen LogP) is 5.20. The molecule has 1 aromatic heterocycles. The summed E-state index contributed by atoms with van der Waals surface area (Å²) in [5, 5.41) is 3.95. The average Bonchev–Trinajstić information content (AvgIpc) is 2.76. The largest absolute Gasteiger partial charge is 0.493 e. The number of rotatable bonds is 5. The number of aromatic nitrogens is 2. The van der Waals surface area contributed by atoms with Crippen molar-refractivity contribution in [3.8, 4) is 28.5 Å². The van der Waals surface area contributed by atoms with Crippen LogP contribution in [0.15, 0.2) is 53.7 Å². The quantitative estimate of drug-likeness (QED) is 0.264. The van der Waals surface area contributed by atoms with Crippen LogP contribution >= 0.6 is 11.8 Å². The van der Waals surface area contributed by atoms with Crippen LogP contribution in [0.25, 0.3) is 32.9 Å². The maximum Gasteiger partial charge on any atom is 0.203 e. The highest BCUT2D eigenvalue weighted by Crippen LogP contribution is 2.42. The summed E-state index contributed by atoms with van der Waals surface area (Å²) in [7, 11) is 4.82. The van der Waals surface area contributed by atoms with E-state index in [-0.39, 0.29) is 0 Å². The normalized spacial score (nSPS) is 11.0. The molecule has 0 N–H and O–H groups in total. The van der Waals surface area contributed by atoms with E-state index in [1.165, 1.54) is 11.8 Å². The molecule has 4 aromatic rings. The van der Waals surface area contributed by atoms with Crippen molar-refractivity contribution >= 4 is 33.4 Å². The molecule has 6 heteroatoms. The first kappa shape index (κ1) is 18.4. The summed E-state index contributed by atoms with van der Waals surface area (Å²) in [5.74, 6) is 1.74. The van der Waals surface area contributed by atoms with Crippen molar-refractivity contribution in [2.45, 2.75) is 5.16 Å². The number of methoxy groups -OCH3 is 3. The molecule has 28 heavy (non-hydrogen) atoms. The first-order valence-electron chi connectivity index (χ1n) is 8.74. The summed E-state index contributed by atoms with van der Waals surface area (Å²) in [6, 6.07) is 16.3. The van der Waals surface area contributed by atoms with Crippen molar-refractivity contribution in [1.29, 1.82) is 0 Å². The van der Waals surface area contributed by atoms with Crippen LogP contribution in [-0.2, 0) is 0 Å². The Morgan fingerprint density at radius 3 is 2.14 bits per heavy atom. The van der Waals surface area contributed by atoms with Gasteiger partial charge in [-0.3, -0.25) is 0 Å². The number of hydrogen-bond donors (Lipinski definition) is 0. The Kier molecular flexibility index (Phi) is 4.96. The molecule has 0 aliphatic rings. The molecule has 0 saturated heterocycles. The molecule has 0 amide bonds. The highest BCUT2D eigenvalue weighted by Gasteiger charge is 2.18. The summed E-state index contributed by atoms with van der Waals surface area (Å²) in [6.45, 7) is 0. The number of thioether (sulfide) groups is 1. The third-order valence-corrected chi connectivity index (χ3v) is 5.24. The second-order valence-electron chi connectivity index (χ2n) is 6.16. The summed E-state index contributed by atoms with van der Waals surface area (Å²) in [6.07, 6.45) is 1.98. The van der Waals surface area contributed by atoms with Gasteiger partial charge in [0.2, 0.25) is 5.75 Å². The Bertz CT molecular complexity index is 1150. The first-order valence-corrected chi connectivity index (χ1v) is 9.96. The van der Waals surface area contributed by atoms with Crippen LogP contribution in [0.4, 0.5) is 0 Å². The fourth-order valence-corrected chi connectivity index (χ4v) is 3.74. The fraction of sp³-hybridized carbons (Fsp3) is 0.182. The molecule has 0 bridgehead atoms. The van der Waals surface area contributed by atoms with Crippen molar-refractivity contribution in [3.63, 3.8) is 0 Å². The maximum atomic E-state index is 5.53. The van der Waals surface area contributed by atoms with Crippen molar-refractivity contribution in [1.82, 2.24) is 9.97 Å². The summed E-state index contributed by atoms with van der Waals surface area (Å²) >= 11 is 1.52. The first-order chi connectivity index (χ1) is 13.7. The van der Waals surface area contributed by atoms with Crippen LogP contribution in [0.5, 0.6) is 17.2 Å². The lowest BCUT2D eigenvalue weighted by Crippen LogP contribution is -1.98. The van der Waals surface area contributed by atoms with Gasteiger partial charge in [-0.05, 0) is 29.8 Å². The topological polar surface area (TPSA) is 53.5 Å². The minimum absolute atomic E-state index is 0.558. The summed E-state index contributed by atoms with van der Waals surface area (Å²) in [4.78, 5) is 9.59. The Labute approximate surface area is 167 Å². The van der Waals surface area contributed by atoms with Crippen LogP contribution in [0.1, 0.15) is 0 Å². The van der Waals surface area contributed by atoms with E-state index in [2.05, 4.69) is 24.3 Å². The molecule has 5 nitrogen and oxygen atoms in total. The molecule has 0 radical (unpaired) electrons. The van der Waals surface area contributed by atoms with Gasteiger partial charge < -0.3 is 14.2 Å². The SMILES string of the molecule is COc1cc(-c2nc(SC)nc3c2ccc2ccccc23)cc(OC)c1OC. The standard InChI is InChI=1S/C22H20N2O3S/c1-25-17-11-14(12-18(26-2)21(17)27-3)19-16-10-9-13-7-5-6-8-15(13)20(16)24-22(23-19)28-4/h5-12H,1-4H3. The van der Waals surface area contributed by atoms with Crippen LogP contribution in [0, 0.1) is 0 Å². The smallest absolute Gasteiger partial charge is 0.203 e. The Hall–Kier alpha value is -2.99. The van der Waals surface area contributed by atoms with Crippen molar-refractivity contribution < 1.29 is 14.2 Å². The zero-order valence-electron chi connectivity index (χ0n) is 16.1. The minimum Gasteiger partial charge on any atom is -0.493 e. The number of nitrogens with zero attached hydrogens (tertiary/aromatic N) is 2. The molecule has 0 fully saturated rings. The van der Waals surface area contributed by atoms with Gasteiger partial charge in [-0.15, -0.1) is 0 Å². The van der Waals surface area contributed by atoms with Crippen LogP contribution in [0.2, 0.25) is 0 Å². The molecule has 0 saturated carbocycles. The third-order valence-electron chi connectivity index (χ3n) is 4.69. The van der Waals surface area contributed by atoms with Crippen LogP contribution in [0.3, 0.4) is 0 Å². The Morgan fingerprint density at radius 1 is 0.786 bits per heavy atom. The second kappa shape index (κ2) is 7.56. The van der Waals surface area contributed by atoms with Gasteiger partial charge in [-0.2, -0.15) is 0 Å². The lowest BCUT2D eigenvalue weighted by Gasteiger charge is -2.15. The monoisotopic (exact) mass is 392 g/mol. The molecule has 0 atom stereocenters. The van der Waals surface area contributed by atoms with Gasteiger partial charge in [0.15, 0.2) is 16.7 Å². The van der Waals surface area contributed by atoms with Crippen LogP contribution < -0.4 is 14.2 Å². The van der Waals surface area contributed by atoms with Gasteiger partial charge in [0.1, 0.15) is 0 Å². The summed E-state index contributed by atoms with van der Waals surface area (Å²) < 4.78 is 16.5. The molecule has 3 aromatic carbocycles. The highest BCUT2D eigenvalue weighted by atomic mass is 32.2. The van der Waals surface area contributed by atoms with E-state index in [9.17, 15) is 0 Å². The molecule has 142 valence electrons. The molecule has 0 aliphatic heterocycles. The van der Waals surface area contributed by atoms with Gasteiger partial charge in [-0.1, -0.05) is 42.1 Å². The predicted molar refractivity (Wildman–Crippen MR) is 114 cm³/mol. The highest BCUT2D eigenvalue weighted by molar-refractivity contribution is 7.98. The molecule has 1 heterocycles. The second-order valence-corrected chi connectivity index (χ2v) is 6.93. The number of ether oxygens (including phenoxy) is 3. The molecular weight excluding hydrogens is 372 g/mol. The zero-order chi connectivity index (χ0) is 19.7. The van der Waals surface area contributed by atoms with Gasteiger partial charge in [0.25, 0.3) is 0 Å². The fourth-order valence-electron chi connectivity index (χ4n) is 3.37. The lowest BCUT2D eigenvalue weighted by atomic mass is 10.0. The van der Waals surface area contributed by atoms with E-state index in [0.717, 1.165) is 32.9 Å². The van der Waals surface area contributed by atoms with Gasteiger partial charge in [0.05, 0.1) is 32.5 Å². The molecule has 0 unspecified atom stereocenters.